The van der Waals surface area contributed by atoms with Gasteiger partial charge in [0.2, 0.25) is 0 Å². The summed E-state index contributed by atoms with van der Waals surface area (Å²) < 4.78 is 9.94. The normalized spacial score (nSPS) is 17.8. The quantitative estimate of drug-likeness (QED) is 0.681. The summed E-state index contributed by atoms with van der Waals surface area (Å²) >= 11 is 0. The fourth-order valence-electron chi connectivity index (χ4n) is 1.83. The summed E-state index contributed by atoms with van der Waals surface area (Å²) in [5.74, 6) is -0.568. The molecule has 7 nitrogen and oxygen atoms in total. The van der Waals surface area contributed by atoms with Crippen molar-refractivity contribution in [2.75, 3.05) is 13.7 Å². The number of methoxy groups -OCH3 is 1. The summed E-state index contributed by atoms with van der Waals surface area (Å²) in [6, 6.07) is 0. The van der Waals surface area contributed by atoms with Gasteiger partial charge < -0.3 is 9.47 Å². The fourth-order valence-corrected chi connectivity index (χ4v) is 1.83. The highest BCUT2D eigenvalue weighted by Gasteiger charge is 2.33. The Morgan fingerprint density at radius 1 is 1.30 bits per heavy atom. The summed E-state index contributed by atoms with van der Waals surface area (Å²) in [5.41, 5.74) is 0.758. The molecule has 0 unspecified atom stereocenters. The van der Waals surface area contributed by atoms with E-state index in [2.05, 4.69) is 14.9 Å². The van der Waals surface area contributed by atoms with Crippen LogP contribution in [-0.4, -0.2) is 47.6 Å². The van der Waals surface area contributed by atoms with Crippen LogP contribution in [0.4, 0.5) is 4.79 Å². The molecule has 0 spiro atoms. The number of hydrogen-bond donors (Lipinski definition) is 0. The van der Waals surface area contributed by atoms with Crippen LogP contribution in [0.3, 0.4) is 0 Å². The Balaban J connectivity index is 2.18. The van der Waals surface area contributed by atoms with Crippen LogP contribution in [0.1, 0.15) is 27.2 Å². The van der Waals surface area contributed by atoms with E-state index < -0.39 is 17.7 Å². The molecule has 0 N–H and O–H groups in total. The van der Waals surface area contributed by atoms with Crippen molar-refractivity contribution in [3.63, 3.8) is 0 Å². The van der Waals surface area contributed by atoms with Crippen LogP contribution in [0.25, 0.3) is 0 Å². The molecular weight excluding hydrogens is 262 g/mol. The first-order chi connectivity index (χ1) is 9.31. The molecule has 2 heterocycles. The molecule has 2 rings (SSSR count). The average molecular weight is 279 g/mol. The van der Waals surface area contributed by atoms with Gasteiger partial charge in [0, 0.05) is 24.7 Å². The van der Waals surface area contributed by atoms with Gasteiger partial charge in [-0.05, 0) is 20.8 Å². The molecule has 7 heteroatoms. The van der Waals surface area contributed by atoms with Crippen molar-refractivity contribution in [1.82, 2.24) is 4.90 Å². The molecule has 0 saturated carbocycles. The summed E-state index contributed by atoms with van der Waals surface area (Å²) in [7, 11) is 1.28. The fraction of sp³-hybridized carbons (Fsp3) is 0.538. The highest BCUT2D eigenvalue weighted by Crippen LogP contribution is 2.22. The Kier molecular flexibility index (Phi) is 3.61. The standard InChI is InChI=1S/C13H17N3O4/c1-13(2,3)20-12(18)16-6-5-9-8(7-16)10(15-14-9)11(17)19-4/h7H,5-6H2,1-4H3. The average Bonchev–Trinajstić information content (AvgIpc) is 2.78. The van der Waals surface area contributed by atoms with Crippen molar-refractivity contribution in [1.29, 1.82) is 0 Å². The largest absolute Gasteiger partial charge is 0.464 e. The van der Waals surface area contributed by atoms with E-state index in [1.807, 2.05) is 0 Å². The second kappa shape index (κ2) is 5.07. The molecule has 0 fully saturated rings. The van der Waals surface area contributed by atoms with Crippen LogP contribution in [0.2, 0.25) is 0 Å². The molecule has 0 bridgehead atoms. The van der Waals surface area contributed by atoms with Gasteiger partial charge in [0.05, 0.1) is 12.8 Å². The molecule has 0 atom stereocenters. The maximum absolute atomic E-state index is 12.0. The van der Waals surface area contributed by atoms with Gasteiger partial charge in [0.15, 0.2) is 5.71 Å². The highest BCUT2D eigenvalue weighted by atomic mass is 16.6. The smallest absolute Gasteiger partial charge is 0.414 e. The van der Waals surface area contributed by atoms with E-state index in [4.69, 9.17) is 4.74 Å². The molecule has 0 aromatic carbocycles. The molecule has 0 saturated heterocycles. The molecular formula is C13H17N3O4. The number of hydrogen-bond acceptors (Lipinski definition) is 6. The third-order valence-corrected chi connectivity index (χ3v) is 2.72. The number of rotatable bonds is 1. The van der Waals surface area contributed by atoms with Crippen LogP contribution in [-0.2, 0) is 14.3 Å². The van der Waals surface area contributed by atoms with Crippen LogP contribution < -0.4 is 0 Å². The lowest BCUT2D eigenvalue weighted by atomic mass is 10.0. The summed E-state index contributed by atoms with van der Waals surface area (Å²) in [5, 5.41) is 7.74. The Bertz CT molecular complexity index is 540. The van der Waals surface area contributed by atoms with Crippen LogP contribution in [0.5, 0.6) is 0 Å². The Labute approximate surface area is 116 Å². The van der Waals surface area contributed by atoms with E-state index in [1.54, 1.807) is 27.0 Å². The van der Waals surface area contributed by atoms with Crippen molar-refractivity contribution < 1.29 is 19.1 Å². The van der Waals surface area contributed by atoms with Crippen LogP contribution in [0.15, 0.2) is 22.0 Å². The molecule has 1 amide bonds. The maximum atomic E-state index is 12.0. The minimum atomic E-state index is -0.571. The van der Waals surface area contributed by atoms with E-state index in [0.717, 1.165) is 0 Å². The number of esters is 1. The van der Waals surface area contributed by atoms with Crippen molar-refractivity contribution in [2.45, 2.75) is 32.8 Å². The lowest BCUT2D eigenvalue weighted by Crippen LogP contribution is -2.38. The lowest BCUT2D eigenvalue weighted by molar-refractivity contribution is -0.132. The Morgan fingerprint density at radius 3 is 2.60 bits per heavy atom. The number of carbonyl (C=O) groups excluding carboxylic acids is 2. The lowest BCUT2D eigenvalue weighted by Gasteiger charge is -2.27. The monoisotopic (exact) mass is 279 g/mol. The minimum absolute atomic E-state index is 0.121. The van der Waals surface area contributed by atoms with Gasteiger partial charge in [-0.1, -0.05) is 0 Å². The molecule has 2 aliphatic rings. The second-order valence-corrected chi connectivity index (χ2v) is 5.45. The van der Waals surface area contributed by atoms with Gasteiger partial charge in [0.1, 0.15) is 5.60 Å². The van der Waals surface area contributed by atoms with E-state index in [0.29, 0.717) is 24.3 Å². The van der Waals surface area contributed by atoms with Crippen molar-refractivity contribution in [2.24, 2.45) is 10.2 Å². The van der Waals surface area contributed by atoms with E-state index in [1.165, 1.54) is 12.0 Å². The Hall–Kier alpha value is -2.18. The second-order valence-electron chi connectivity index (χ2n) is 5.45. The zero-order chi connectivity index (χ0) is 14.9. The van der Waals surface area contributed by atoms with E-state index in [9.17, 15) is 9.59 Å². The van der Waals surface area contributed by atoms with Gasteiger partial charge in [-0.3, -0.25) is 4.90 Å². The predicted octanol–water partition coefficient (Wildman–Crippen LogP) is 1.49. The van der Waals surface area contributed by atoms with Gasteiger partial charge in [-0.15, -0.1) is 5.10 Å². The maximum Gasteiger partial charge on any atom is 0.414 e. The first-order valence-electron chi connectivity index (χ1n) is 6.27. The van der Waals surface area contributed by atoms with Crippen molar-refractivity contribution in [3.05, 3.63) is 11.8 Å². The van der Waals surface area contributed by atoms with Gasteiger partial charge in [-0.2, -0.15) is 5.10 Å². The highest BCUT2D eigenvalue weighted by molar-refractivity contribution is 6.51. The number of nitrogens with zero attached hydrogens (tertiary/aromatic N) is 3. The Morgan fingerprint density at radius 2 is 2.00 bits per heavy atom. The van der Waals surface area contributed by atoms with Gasteiger partial charge >= 0.3 is 12.1 Å². The SMILES string of the molecule is COC(=O)C1=NN=C2CCN(C(=O)OC(C)(C)C)C=C21. The topological polar surface area (TPSA) is 80.6 Å². The third kappa shape index (κ3) is 2.87. The molecule has 0 radical (unpaired) electrons. The predicted molar refractivity (Wildman–Crippen MR) is 72.5 cm³/mol. The number of carbonyl (C=O) groups is 2. The summed E-state index contributed by atoms with van der Waals surface area (Å²) in [6.45, 7) is 5.84. The number of amides is 1. The number of fused-ring (bicyclic) bond motifs is 1. The minimum Gasteiger partial charge on any atom is -0.464 e. The first-order valence-corrected chi connectivity index (χ1v) is 6.27. The van der Waals surface area contributed by atoms with Crippen LogP contribution >= 0.6 is 0 Å². The molecule has 20 heavy (non-hydrogen) atoms. The van der Waals surface area contributed by atoms with Crippen molar-refractivity contribution in [3.8, 4) is 0 Å². The van der Waals surface area contributed by atoms with Gasteiger partial charge in [0.25, 0.3) is 0 Å². The molecule has 0 aromatic heterocycles. The molecule has 108 valence electrons. The zero-order valence-electron chi connectivity index (χ0n) is 12.0. The van der Waals surface area contributed by atoms with E-state index >= 15 is 0 Å². The third-order valence-electron chi connectivity index (χ3n) is 2.72. The van der Waals surface area contributed by atoms with Crippen LogP contribution in [0, 0.1) is 0 Å². The first kappa shape index (κ1) is 14.2. The summed E-state index contributed by atoms with van der Waals surface area (Å²) in [4.78, 5) is 25.0. The number of ether oxygens (including phenoxy) is 2. The molecule has 0 aromatic rings. The zero-order valence-corrected chi connectivity index (χ0v) is 12.0. The molecule has 2 aliphatic heterocycles. The van der Waals surface area contributed by atoms with Crippen molar-refractivity contribution >= 4 is 23.5 Å². The van der Waals surface area contributed by atoms with Gasteiger partial charge in [-0.25, -0.2) is 9.59 Å². The van der Waals surface area contributed by atoms with E-state index in [-0.39, 0.29) is 5.71 Å². The summed E-state index contributed by atoms with van der Waals surface area (Å²) in [6.07, 6.45) is 1.61. The molecule has 0 aliphatic carbocycles.